The molecule has 2 heterocycles. The van der Waals surface area contributed by atoms with E-state index in [0.29, 0.717) is 23.3 Å². The van der Waals surface area contributed by atoms with Crippen LogP contribution in [-0.4, -0.2) is 23.2 Å². The van der Waals surface area contributed by atoms with Crippen LogP contribution in [0.5, 0.6) is 5.75 Å². The van der Waals surface area contributed by atoms with Crippen molar-refractivity contribution >= 4 is 11.6 Å². The number of benzene rings is 1. The van der Waals surface area contributed by atoms with Crippen LogP contribution in [0.25, 0.3) is 0 Å². The zero-order valence-corrected chi connectivity index (χ0v) is 12.0. The van der Waals surface area contributed by atoms with Gasteiger partial charge in [0.1, 0.15) is 5.75 Å². The Morgan fingerprint density at radius 1 is 1.19 bits per heavy atom. The molecule has 1 saturated heterocycles. The Hall–Kier alpha value is -2.24. The summed E-state index contributed by atoms with van der Waals surface area (Å²) in [6.07, 6.45) is 4.92. The van der Waals surface area contributed by atoms with Crippen LogP contribution in [0.4, 0.5) is 11.6 Å². The zero-order valence-electron chi connectivity index (χ0n) is 12.0. The number of hydrogen-bond donors (Lipinski definition) is 1. The Labute approximate surface area is 123 Å². The highest BCUT2D eigenvalue weighted by atomic mass is 16.5. The largest absolute Gasteiger partial charge is 0.484 e. The molecular weight excluding hydrogens is 268 g/mol. The van der Waals surface area contributed by atoms with E-state index in [4.69, 9.17) is 15.0 Å². The second-order valence-corrected chi connectivity index (χ2v) is 5.25. The number of rotatable bonds is 4. The molecule has 1 aromatic heterocycles. The number of nitrogens with two attached hydrogens (primary N) is 1. The van der Waals surface area contributed by atoms with E-state index in [1.54, 1.807) is 6.07 Å². The molecule has 21 heavy (non-hydrogen) atoms. The lowest BCUT2D eigenvalue weighted by Crippen LogP contribution is -2.25. The molecule has 6 nitrogen and oxygen atoms in total. The molecule has 1 aromatic carbocycles. The first-order chi connectivity index (χ1) is 10.3. The molecule has 0 bridgehead atoms. The van der Waals surface area contributed by atoms with Gasteiger partial charge < -0.3 is 19.9 Å². The van der Waals surface area contributed by atoms with E-state index in [1.807, 2.05) is 18.2 Å². The number of hydrogen-bond acceptors (Lipinski definition) is 6. The standard InChI is InChI=1S/C15H20N4O2/c16-12-6-5-7-13(10-12)20-11-14-17-15(18-21-14)19-8-3-1-2-4-9-19/h5-7,10H,1-4,8-9,11,16H2. The van der Waals surface area contributed by atoms with Gasteiger partial charge in [-0.25, -0.2) is 0 Å². The first-order valence-electron chi connectivity index (χ1n) is 7.37. The first-order valence-corrected chi connectivity index (χ1v) is 7.37. The van der Waals surface area contributed by atoms with Crippen molar-refractivity contribution < 1.29 is 9.26 Å². The molecule has 1 aliphatic rings. The second-order valence-electron chi connectivity index (χ2n) is 5.25. The lowest BCUT2D eigenvalue weighted by Gasteiger charge is -2.16. The van der Waals surface area contributed by atoms with E-state index in [9.17, 15) is 0 Å². The average Bonchev–Trinajstić information content (AvgIpc) is 2.79. The third-order valence-corrected chi connectivity index (χ3v) is 3.57. The summed E-state index contributed by atoms with van der Waals surface area (Å²) in [5.41, 5.74) is 6.38. The summed E-state index contributed by atoms with van der Waals surface area (Å²) in [6, 6.07) is 7.28. The van der Waals surface area contributed by atoms with Crippen LogP contribution in [0, 0.1) is 0 Å². The van der Waals surface area contributed by atoms with E-state index in [-0.39, 0.29) is 6.61 Å². The Morgan fingerprint density at radius 2 is 2.00 bits per heavy atom. The van der Waals surface area contributed by atoms with Crippen molar-refractivity contribution in [3.8, 4) is 5.75 Å². The Morgan fingerprint density at radius 3 is 2.76 bits per heavy atom. The normalized spacial score (nSPS) is 15.7. The maximum absolute atomic E-state index is 5.71. The smallest absolute Gasteiger partial charge is 0.266 e. The third-order valence-electron chi connectivity index (χ3n) is 3.57. The van der Waals surface area contributed by atoms with E-state index >= 15 is 0 Å². The van der Waals surface area contributed by atoms with Gasteiger partial charge in [-0.2, -0.15) is 4.98 Å². The molecule has 0 aliphatic carbocycles. The lowest BCUT2D eigenvalue weighted by molar-refractivity contribution is 0.243. The predicted octanol–water partition coefficient (Wildman–Crippen LogP) is 2.61. The molecule has 1 fully saturated rings. The van der Waals surface area contributed by atoms with Crippen LogP contribution in [0.3, 0.4) is 0 Å². The maximum Gasteiger partial charge on any atom is 0.266 e. The van der Waals surface area contributed by atoms with Crippen LogP contribution in [0.1, 0.15) is 31.6 Å². The third kappa shape index (κ3) is 3.65. The molecular formula is C15H20N4O2. The van der Waals surface area contributed by atoms with Gasteiger partial charge >= 0.3 is 0 Å². The predicted molar refractivity (Wildman–Crippen MR) is 80.2 cm³/mol. The van der Waals surface area contributed by atoms with Crippen molar-refractivity contribution in [3.05, 3.63) is 30.2 Å². The van der Waals surface area contributed by atoms with Gasteiger partial charge in [-0.15, -0.1) is 0 Å². The highest BCUT2D eigenvalue weighted by Crippen LogP contribution is 2.18. The summed E-state index contributed by atoms with van der Waals surface area (Å²) >= 11 is 0. The van der Waals surface area contributed by atoms with Crippen molar-refractivity contribution in [2.45, 2.75) is 32.3 Å². The highest BCUT2D eigenvalue weighted by molar-refractivity contribution is 5.43. The summed E-state index contributed by atoms with van der Waals surface area (Å²) in [5, 5.41) is 4.05. The second kappa shape index (κ2) is 6.47. The number of anilines is 2. The van der Waals surface area contributed by atoms with Crippen LogP contribution in [-0.2, 0) is 6.61 Å². The van der Waals surface area contributed by atoms with Crippen molar-refractivity contribution in [2.24, 2.45) is 0 Å². The molecule has 112 valence electrons. The van der Waals surface area contributed by atoms with Gasteiger partial charge in [0.2, 0.25) is 0 Å². The number of nitrogens with zero attached hydrogens (tertiary/aromatic N) is 3. The van der Waals surface area contributed by atoms with Crippen LogP contribution >= 0.6 is 0 Å². The van der Waals surface area contributed by atoms with E-state index in [1.165, 1.54) is 25.7 Å². The molecule has 1 aliphatic heterocycles. The minimum absolute atomic E-state index is 0.254. The van der Waals surface area contributed by atoms with E-state index in [0.717, 1.165) is 13.1 Å². The quantitative estimate of drug-likeness (QED) is 0.871. The minimum atomic E-state index is 0.254. The fourth-order valence-electron chi connectivity index (χ4n) is 2.45. The van der Waals surface area contributed by atoms with Crippen molar-refractivity contribution in [3.63, 3.8) is 0 Å². The van der Waals surface area contributed by atoms with Gasteiger partial charge in [-0.1, -0.05) is 18.9 Å². The fraction of sp³-hybridized carbons (Fsp3) is 0.467. The Kier molecular flexibility index (Phi) is 4.23. The van der Waals surface area contributed by atoms with Crippen LogP contribution < -0.4 is 15.4 Å². The van der Waals surface area contributed by atoms with Gasteiger partial charge in [0.25, 0.3) is 11.8 Å². The summed E-state index contributed by atoms with van der Waals surface area (Å²) in [7, 11) is 0. The molecule has 0 spiro atoms. The van der Waals surface area contributed by atoms with Crippen molar-refractivity contribution in [1.82, 2.24) is 10.1 Å². The highest BCUT2D eigenvalue weighted by Gasteiger charge is 2.16. The Balaban J connectivity index is 1.59. The van der Waals surface area contributed by atoms with E-state index < -0.39 is 0 Å². The Bertz CT molecular complexity index is 577. The van der Waals surface area contributed by atoms with Gasteiger partial charge in [0.15, 0.2) is 6.61 Å². The molecule has 2 N–H and O–H groups in total. The SMILES string of the molecule is Nc1cccc(OCc2nc(N3CCCCCC3)no2)c1. The van der Waals surface area contributed by atoms with Crippen molar-refractivity contribution in [2.75, 3.05) is 23.7 Å². The van der Waals surface area contributed by atoms with E-state index in [2.05, 4.69) is 15.0 Å². The van der Waals surface area contributed by atoms with Crippen molar-refractivity contribution in [1.29, 1.82) is 0 Å². The molecule has 0 amide bonds. The molecule has 0 radical (unpaired) electrons. The molecule has 3 rings (SSSR count). The molecule has 2 aromatic rings. The molecule has 0 saturated carbocycles. The van der Waals surface area contributed by atoms with Gasteiger partial charge in [0.05, 0.1) is 0 Å². The molecule has 6 heteroatoms. The summed E-state index contributed by atoms with van der Waals surface area (Å²) in [6.45, 7) is 2.24. The van der Waals surface area contributed by atoms with Crippen LogP contribution in [0.15, 0.2) is 28.8 Å². The average molecular weight is 288 g/mol. The van der Waals surface area contributed by atoms with Crippen LogP contribution in [0.2, 0.25) is 0 Å². The maximum atomic E-state index is 5.71. The minimum Gasteiger partial charge on any atom is -0.484 e. The topological polar surface area (TPSA) is 77.4 Å². The molecule has 0 atom stereocenters. The lowest BCUT2D eigenvalue weighted by atomic mass is 10.2. The summed E-state index contributed by atoms with van der Waals surface area (Å²) in [5.74, 6) is 1.85. The number of nitrogen functional groups attached to an aromatic ring is 1. The number of aromatic nitrogens is 2. The monoisotopic (exact) mass is 288 g/mol. The number of ether oxygens (including phenoxy) is 1. The zero-order chi connectivity index (χ0) is 14.5. The van der Waals surface area contributed by atoms with Gasteiger partial charge in [-0.05, 0) is 30.1 Å². The van der Waals surface area contributed by atoms with Gasteiger partial charge in [-0.3, -0.25) is 0 Å². The summed E-state index contributed by atoms with van der Waals surface area (Å²) < 4.78 is 10.9. The fourth-order valence-corrected chi connectivity index (χ4v) is 2.45. The first kappa shape index (κ1) is 13.7. The molecule has 0 unspecified atom stereocenters. The van der Waals surface area contributed by atoms with Gasteiger partial charge in [0, 0.05) is 24.8 Å². The summed E-state index contributed by atoms with van der Waals surface area (Å²) in [4.78, 5) is 6.59.